The van der Waals surface area contributed by atoms with Gasteiger partial charge < -0.3 is 10.0 Å². The quantitative estimate of drug-likeness (QED) is 0.790. The molecule has 0 spiro atoms. The van der Waals surface area contributed by atoms with Crippen LogP contribution < -0.4 is 4.90 Å². The third-order valence-corrected chi connectivity index (χ3v) is 4.53. The number of fused-ring (bicyclic) bond motifs is 1. The van der Waals surface area contributed by atoms with Crippen LogP contribution in [0.4, 0.5) is 10.6 Å². The summed E-state index contributed by atoms with van der Waals surface area (Å²) in [7, 11) is 0. The fourth-order valence-electron chi connectivity index (χ4n) is 3.27. The fraction of sp³-hybridized carbons (Fsp3) is 0.278. The summed E-state index contributed by atoms with van der Waals surface area (Å²) in [5.41, 5.74) is 1.35. The molecule has 2 aromatic heterocycles. The van der Waals surface area contributed by atoms with Gasteiger partial charge in [-0.2, -0.15) is 0 Å². The van der Waals surface area contributed by atoms with Gasteiger partial charge in [-0.05, 0) is 24.3 Å². The van der Waals surface area contributed by atoms with Crippen LogP contribution in [0.1, 0.15) is 5.82 Å². The molecule has 3 heterocycles. The van der Waals surface area contributed by atoms with Gasteiger partial charge in [0.2, 0.25) is 0 Å². The number of imidazole rings is 1. The molecule has 4 rings (SSSR count). The number of aromatic nitrogens is 3. The maximum atomic E-state index is 11.7. The van der Waals surface area contributed by atoms with Crippen molar-refractivity contribution in [3.8, 4) is 0 Å². The van der Waals surface area contributed by atoms with Crippen molar-refractivity contribution in [3.05, 3.63) is 54.5 Å². The highest BCUT2D eigenvalue weighted by atomic mass is 16.4. The summed E-state index contributed by atoms with van der Waals surface area (Å²) in [5.74, 6) is 1.56. The summed E-state index contributed by atoms with van der Waals surface area (Å²) in [4.78, 5) is 25.1. The van der Waals surface area contributed by atoms with E-state index in [4.69, 9.17) is 0 Å². The topological polar surface area (TPSA) is 74.5 Å². The lowest BCUT2D eigenvalue weighted by Crippen LogP contribution is -2.46. The van der Waals surface area contributed by atoms with Crippen molar-refractivity contribution < 1.29 is 9.90 Å². The lowest BCUT2D eigenvalue weighted by molar-refractivity contribution is 0.193. The molecule has 1 aromatic carbocycles. The van der Waals surface area contributed by atoms with E-state index in [0.29, 0.717) is 23.4 Å². The molecule has 7 heteroatoms. The molecule has 1 N–H and O–H groups in total. The number of carbonyl (C=O) groups is 1. The summed E-state index contributed by atoms with van der Waals surface area (Å²) >= 11 is 0. The largest absolute Gasteiger partial charge is 0.464 e. The van der Waals surface area contributed by atoms with E-state index in [1.807, 2.05) is 36.4 Å². The zero-order chi connectivity index (χ0) is 17.2. The molecule has 0 bridgehead atoms. The Morgan fingerprint density at radius 3 is 2.52 bits per heavy atom. The van der Waals surface area contributed by atoms with Gasteiger partial charge in [0.05, 0.1) is 17.6 Å². The number of anilines is 1. The van der Waals surface area contributed by atoms with Gasteiger partial charge in [0.25, 0.3) is 0 Å². The third kappa shape index (κ3) is 3.06. The number of nitrogens with zero attached hydrogens (tertiary/aromatic N) is 5. The van der Waals surface area contributed by atoms with E-state index in [9.17, 15) is 9.90 Å². The molecule has 0 unspecified atom stereocenters. The molecule has 0 radical (unpaired) electrons. The van der Waals surface area contributed by atoms with Crippen molar-refractivity contribution in [2.45, 2.75) is 6.54 Å². The van der Waals surface area contributed by atoms with E-state index in [2.05, 4.69) is 19.8 Å². The van der Waals surface area contributed by atoms with Crippen molar-refractivity contribution in [1.29, 1.82) is 0 Å². The van der Waals surface area contributed by atoms with Gasteiger partial charge in [0.15, 0.2) is 0 Å². The van der Waals surface area contributed by atoms with Crippen LogP contribution in [0, 0.1) is 0 Å². The highest BCUT2D eigenvalue weighted by molar-refractivity contribution is 5.86. The highest BCUT2D eigenvalue weighted by Gasteiger charge is 2.22. The molecule has 1 aliphatic heterocycles. The van der Waals surface area contributed by atoms with Crippen LogP contribution >= 0.6 is 0 Å². The Morgan fingerprint density at radius 2 is 1.80 bits per heavy atom. The summed E-state index contributed by atoms with van der Waals surface area (Å²) in [6.45, 7) is 3.95. The number of para-hydroxylation sites is 2. The molecule has 1 saturated heterocycles. The highest BCUT2D eigenvalue weighted by Crippen LogP contribution is 2.19. The first-order valence-corrected chi connectivity index (χ1v) is 8.30. The van der Waals surface area contributed by atoms with Crippen molar-refractivity contribution in [2.75, 3.05) is 31.1 Å². The van der Waals surface area contributed by atoms with Gasteiger partial charge >= 0.3 is 6.09 Å². The van der Waals surface area contributed by atoms with Crippen molar-refractivity contribution in [2.24, 2.45) is 0 Å². The zero-order valence-corrected chi connectivity index (χ0v) is 13.7. The second kappa shape index (κ2) is 6.52. The van der Waals surface area contributed by atoms with E-state index in [1.165, 1.54) is 4.57 Å². The minimum absolute atomic E-state index is 0.525. The van der Waals surface area contributed by atoms with Crippen molar-refractivity contribution >= 4 is 22.9 Å². The van der Waals surface area contributed by atoms with Crippen molar-refractivity contribution in [1.82, 2.24) is 19.4 Å². The predicted octanol–water partition coefficient (Wildman–Crippen LogP) is 2.28. The normalized spacial score (nSPS) is 15.6. The standard InChI is InChI=1S/C18H19N5O2/c24-18(25)23-15-6-2-1-5-14(15)20-17(23)13-21-9-11-22(12-10-21)16-7-3-4-8-19-16/h1-8H,9-13H2,(H,24,25). The maximum absolute atomic E-state index is 11.7. The van der Waals surface area contributed by atoms with Gasteiger partial charge in [0.1, 0.15) is 11.6 Å². The molecule has 0 saturated carbocycles. The second-order valence-corrected chi connectivity index (χ2v) is 6.09. The van der Waals surface area contributed by atoms with Gasteiger partial charge in [-0.3, -0.25) is 4.90 Å². The van der Waals surface area contributed by atoms with Crippen LogP contribution in [0.2, 0.25) is 0 Å². The zero-order valence-electron chi connectivity index (χ0n) is 13.7. The van der Waals surface area contributed by atoms with Crippen molar-refractivity contribution in [3.63, 3.8) is 0 Å². The number of pyridine rings is 1. The molecule has 1 fully saturated rings. The first-order valence-electron chi connectivity index (χ1n) is 8.30. The third-order valence-electron chi connectivity index (χ3n) is 4.53. The van der Waals surface area contributed by atoms with Gasteiger partial charge in [0, 0.05) is 32.4 Å². The van der Waals surface area contributed by atoms with E-state index < -0.39 is 6.09 Å². The molecule has 3 aromatic rings. The predicted molar refractivity (Wildman–Crippen MR) is 94.9 cm³/mol. The van der Waals surface area contributed by atoms with E-state index >= 15 is 0 Å². The fourth-order valence-corrected chi connectivity index (χ4v) is 3.27. The minimum atomic E-state index is -0.990. The van der Waals surface area contributed by atoms with Crippen LogP contribution in [0.5, 0.6) is 0 Å². The average molecular weight is 337 g/mol. The summed E-state index contributed by atoms with van der Waals surface area (Å²) in [6, 6.07) is 13.3. The lowest BCUT2D eigenvalue weighted by atomic mass is 10.3. The Morgan fingerprint density at radius 1 is 1.04 bits per heavy atom. The Balaban J connectivity index is 1.50. The SMILES string of the molecule is O=C(O)n1c(CN2CCN(c3ccccn3)CC2)nc2ccccc21. The molecular formula is C18H19N5O2. The van der Waals surface area contributed by atoms with Crippen LogP contribution in [0.25, 0.3) is 11.0 Å². The molecule has 1 aliphatic rings. The molecule has 0 aliphatic carbocycles. The van der Waals surface area contributed by atoms with E-state index in [0.717, 1.165) is 32.0 Å². The van der Waals surface area contributed by atoms with Crippen LogP contribution in [0.3, 0.4) is 0 Å². The summed E-state index contributed by atoms with van der Waals surface area (Å²) in [5, 5.41) is 9.56. The molecule has 128 valence electrons. The molecule has 0 amide bonds. The molecule has 0 atom stereocenters. The Labute approximate surface area is 145 Å². The molecule has 7 nitrogen and oxygen atoms in total. The Bertz CT molecular complexity index is 885. The van der Waals surface area contributed by atoms with Gasteiger partial charge in [-0.1, -0.05) is 18.2 Å². The second-order valence-electron chi connectivity index (χ2n) is 6.09. The molecular weight excluding hydrogens is 318 g/mol. The van der Waals surface area contributed by atoms with Gasteiger partial charge in [-0.25, -0.2) is 19.3 Å². The first kappa shape index (κ1) is 15.6. The minimum Gasteiger partial charge on any atom is -0.464 e. The smallest absolute Gasteiger partial charge is 0.417 e. The monoisotopic (exact) mass is 337 g/mol. The summed E-state index contributed by atoms with van der Waals surface area (Å²) < 4.78 is 1.29. The number of hydrogen-bond donors (Lipinski definition) is 1. The first-order chi connectivity index (χ1) is 12.2. The number of piperazine rings is 1. The molecule has 25 heavy (non-hydrogen) atoms. The Kier molecular flexibility index (Phi) is 4.07. The maximum Gasteiger partial charge on any atom is 0.417 e. The summed E-state index contributed by atoms with van der Waals surface area (Å²) in [6.07, 6.45) is 0.813. The number of carboxylic acid groups (broad SMARTS) is 1. The van der Waals surface area contributed by atoms with E-state index in [-0.39, 0.29) is 0 Å². The Hall–Kier alpha value is -2.93. The van der Waals surface area contributed by atoms with Crippen LogP contribution in [-0.4, -0.2) is 56.8 Å². The number of hydrogen-bond acceptors (Lipinski definition) is 5. The number of rotatable bonds is 3. The van der Waals surface area contributed by atoms with Crippen LogP contribution in [-0.2, 0) is 6.54 Å². The lowest BCUT2D eigenvalue weighted by Gasteiger charge is -2.35. The van der Waals surface area contributed by atoms with Gasteiger partial charge in [-0.15, -0.1) is 0 Å². The number of benzene rings is 1. The van der Waals surface area contributed by atoms with E-state index in [1.54, 1.807) is 12.3 Å². The average Bonchev–Trinajstić information content (AvgIpc) is 3.01. The van der Waals surface area contributed by atoms with Crippen LogP contribution in [0.15, 0.2) is 48.7 Å².